The average Bonchev–Trinajstić information content (AvgIpc) is 2.85. The van der Waals surface area contributed by atoms with E-state index in [1.165, 1.54) is 10.9 Å². The number of anilines is 1. The Bertz CT molecular complexity index is 833. The van der Waals surface area contributed by atoms with E-state index in [0.717, 1.165) is 0 Å². The van der Waals surface area contributed by atoms with Crippen molar-refractivity contribution in [1.82, 2.24) is 9.78 Å². The molecule has 0 unspecified atom stereocenters. The maximum atomic E-state index is 12.2. The quantitative estimate of drug-likeness (QED) is 0.571. The number of carbonyl (C=O) groups excluding carboxylic acids is 1. The summed E-state index contributed by atoms with van der Waals surface area (Å²) < 4.78 is 1.32. The van der Waals surface area contributed by atoms with Crippen LogP contribution in [0.1, 0.15) is 25.8 Å². The first kappa shape index (κ1) is 18.9. The third-order valence-electron chi connectivity index (χ3n) is 2.97. The number of alkyl halides is 1. The Morgan fingerprint density at radius 2 is 2.00 bits per heavy atom. The molecule has 0 saturated heterocycles. The largest absolute Gasteiger partial charge is 0.309 e. The molecule has 126 valence electrons. The Balaban J connectivity index is 2.47. The second-order valence-electron chi connectivity index (χ2n) is 5.57. The summed E-state index contributed by atoms with van der Waals surface area (Å²) in [5.74, 6) is -0.173. The molecule has 1 aromatic heterocycles. The van der Waals surface area contributed by atoms with E-state index in [1.807, 2.05) is 6.07 Å². The number of nitrogens with one attached hydrogen (secondary N) is 1. The minimum Gasteiger partial charge on any atom is -0.309 e. The van der Waals surface area contributed by atoms with Crippen LogP contribution in [0.25, 0.3) is 5.69 Å². The van der Waals surface area contributed by atoms with Gasteiger partial charge in [-0.1, -0.05) is 34.8 Å². The van der Waals surface area contributed by atoms with Gasteiger partial charge in [0.05, 0.1) is 27.0 Å². The summed E-state index contributed by atoms with van der Waals surface area (Å²) in [4.78, 5) is 11.4. The van der Waals surface area contributed by atoms with E-state index in [4.69, 9.17) is 46.4 Å². The minimum absolute atomic E-state index is 0.0553. The van der Waals surface area contributed by atoms with Crippen molar-refractivity contribution < 1.29 is 4.79 Å². The van der Waals surface area contributed by atoms with Crippen LogP contribution in [0.5, 0.6) is 0 Å². The highest BCUT2D eigenvalue weighted by Gasteiger charge is 2.22. The Labute approximate surface area is 159 Å². The molecule has 1 aromatic carbocycles. The molecule has 0 saturated carbocycles. The van der Waals surface area contributed by atoms with Crippen molar-refractivity contribution in [3.8, 4) is 11.8 Å². The van der Waals surface area contributed by atoms with E-state index in [0.29, 0.717) is 5.69 Å². The molecule has 5 nitrogen and oxygen atoms in total. The highest BCUT2D eigenvalue weighted by atomic mass is 35.5. The van der Waals surface area contributed by atoms with E-state index in [2.05, 4.69) is 10.4 Å². The molecule has 24 heavy (non-hydrogen) atoms. The Hall–Kier alpha value is -1.45. The van der Waals surface area contributed by atoms with Crippen molar-refractivity contribution >= 4 is 58.1 Å². The van der Waals surface area contributed by atoms with E-state index in [1.54, 1.807) is 26.0 Å². The Kier molecular flexibility index (Phi) is 5.67. The van der Waals surface area contributed by atoms with Gasteiger partial charge in [0.15, 0.2) is 5.82 Å². The van der Waals surface area contributed by atoms with Gasteiger partial charge in [-0.15, -0.1) is 11.6 Å². The molecule has 9 heteroatoms. The van der Waals surface area contributed by atoms with Gasteiger partial charge < -0.3 is 5.32 Å². The molecule has 0 atom stereocenters. The zero-order chi connectivity index (χ0) is 18.1. The van der Waals surface area contributed by atoms with Gasteiger partial charge in [-0.25, -0.2) is 4.68 Å². The summed E-state index contributed by atoms with van der Waals surface area (Å²) in [6.07, 6.45) is 1.38. The summed E-state index contributed by atoms with van der Waals surface area (Å²) >= 11 is 24.2. The van der Waals surface area contributed by atoms with Gasteiger partial charge >= 0.3 is 0 Å². The fourth-order valence-electron chi connectivity index (χ4n) is 1.97. The molecule has 0 aliphatic carbocycles. The Morgan fingerprint density at radius 1 is 1.33 bits per heavy atom. The average molecular weight is 406 g/mol. The van der Waals surface area contributed by atoms with E-state index >= 15 is 0 Å². The van der Waals surface area contributed by atoms with Crippen LogP contribution in [0, 0.1) is 11.3 Å². The molecule has 2 rings (SSSR count). The number of aromatic nitrogens is 2. The number of amides is 1. The first-order chi connectivity index (χ1) is 11.1. The predicted octanol–water partition coefficient (Wildman–Crippen LogP) is 5.05. The maximum absolute atomic E-state index is 12.2. The molecule has 0 radical (unpaired) electrons. The molecule has 1 N–H and O–H groups in total. The number of nitrogens with zero attached hydrogens (tertiary/aromatic N) is 3. The van der Waals surface area contributed by atoms with Crippen LogP contribution in [-0.4, -0.2) is 20.6 Å². The van der Waals surface area contributed by atoms with Crippen LogP contribution in [0.4, 0.5) is 5.82 Å². The molecule has 0 spiro atoms. The SMILES string of the molecule is CC(C)(Cl)CC(=O)Nc1c(C#N)cnn1-c1ccc(Cl)c(Cl)c1Cl. The molecular weight excluding hydrogens is 394 g/mol. The van der Waals surface area contributed by atoms with E-state index < -0.39 is 4.87 Å². The predicted molar refractivity (Wildman–Crippen MR) is 96.5 cm³/mol. The number of benzene rings is 1. The lowest BCUT2D eigenvalue weighted by Crippen LogP contribution is -2.24. The van der Waals surface area contributed by atoms with Crippen molar-refractivity contribution in [2.24, 2.45) is 0 Å². The number of rotatable bonds is 4. The fourth-order valence-corrected chi connectivity index (χ4v) is 2.70. The fraction of sp³-hybridized carbons (Fsp3) is 0.267. The maximum Gasteiger partial charge on any atom is 0.227 e. The topological polar surface area (TPSA) is 70.7 Å². The zero-order valence-electron chi connectivity index (χ0n) is 12.7. The van der Waals surface area contributed by atoms with E-state index in [-0.39, 0.29) is 38.8 Å². The summed E-state index contributed by atoms with van der Waals surface area (Å²) in [6, 6.07) is 5.10. The van der Waals surface area contributed by atoms with Crippen molar-refractivity contribution in [3.05, 3.63) is 39.0 Å². The van der Waals surface area contributed by atoms with Gasteiger partial charge in [0.1, 0.15) is 11.6 Å². The van der Waals surface area contributed by atoms with E-state index in [9.17, 15) is 10.1 Å². The highest BCUT2D eigenvalue weighted by Crippen LogP contribution is 2.36. The van der Waals surface area contributed by atoms with Crippen LogP contribution in [-0.2, 0) is 4.79 Å². The first-order valence-corrected chi connectivity index (χ1v) is 8.26. The number of halogens is 4. The van der Waals surface area contributed by atoms with Crippen LogP contribution < -0.4 is 5.32 Å². The van der Waals surface area contributed by atoms with Gasteiger partial charge in [0, 0.05) is 11.3 Å². The lowest BCUT2D eigenvalue weighted by molar-refractivity contribution is -0.116. The molecule has 1 heterocycles. The second kappa shape index (κ2) is 7.20. The third kappa shape index (κ3) is 4.14. The van der Waals surface area contributed by atoms with Crippen molar-refractivity contribution in [1.29, 1.82) is 5.26 Å². The zero-order valence-corrected chi connectivity index (χ0v) is 15.7. The first-order valence-electron chi connectivity index (χ1n) is 6.75. The lowest BCUT2D eigenvalue weighted by Gasteiger charge is -2.16. The third-order valence-corrected chi connectivity index (χ3v) is 4.39. The van der Waals surface area contributed by atoms with Crippen molar-refractivity contribution in [2.45, 2.75) is 25.1 Å². The normalized spacial score (nSPS) is 11.2. The number of carbonyl (C=O) groups is 1. The molecular formula is C15H12Cl4N4O. The van der Waals surface area contributed by atoms with Gasteiger partial charge in [-0.3, -0.25) is 4.79 Å². The minimum atomic E-state index is -0.719. The molecule has 2 aromatic rings. The summed E-state index contributed by atoms with van der Waals surface area (Å²) in [5.41, 5.74) is 0.561. The molecule has 1 amide bonds. The van der Waals surface area contributed by atoms with Crippen LogP contribution >= 0.6 is 46.4 Å². The molecule has 0 aliphatic rings. The van der Waals surface area contributed by atoms with Crippen LogP contribution in [0.3, 0.4) is 0 Å². The summed E-state index contributed by atoms with van der Waals surface area (Å²) in [5, 5.41) is 16.6. The van der Waals surface area contributed by atoms with Crippen molar-refractivity contribution in [3.63, 3.8) is 0 Å². The number of nitriles is 1. The number of hydrogen-bond donors (Lipinski definition) is 1. The molecule has 0 aliphatic heterocycles. The Morgan fingerprint density at radius 3 is 2.58 bits per heavy atom. The lowest BCUT2D eigenvalue weighted by atomic mass is 10.1. The van der Waals surface area contributed by atoms with Gasteiger partial charge in [0.25, 0.3) is 0 Å². The second-order valence-corrected chi connectivity index (χ2v) is 7.75. The number of hydrogen-bond acceptors (Lipinski definition) is 3. The summed E-state index contributed by atoms with van der Waals surface area (Å²) in [6.45, 7) is 3.43. The summed E-state index contributed by atoms with van der Waals surface area (Å²) in [7, 11) is 0. The van der Waals surface area contributed by atoms with Gasteiger partial charge in [-0.05, 0) is 26.0 Å². The highest BCUT2D eigenvalue weighted by molar-refractivity contribution is 6.48. The van der Waals surface area contributed by atoms with Gasteiger partial charge in [-0.2, -0.15) is 10.4 Å². The standard InChI is InChI=1S/C15H12Cl4N4O/c1-15(2,19)5-11(24)22-14-8(6-20)7-21-23(14)10-4-3-9(16)12(17)13(10)18/h3-4,7H,5H2,1-2H3,(H,22,24). The molecule has 0 fully saturated rings. The monoisotopic (exact) mass is 404 g/mol. The molecule has 0 bridgehead atoms. The van der Waals surface area contributed by atoms with Crippen LogP contribution in [0.2, 0.25) is 15.1 Å². The van der Waals surface area contributed by atoms with Crippen molar-refractivity contribution in [2.75, 3.05) is 5.32 Å². The van der Waals surface area contributed by atoms with Crippen LogP contribution in [0.15, 0.2) is 18.3 Å². The van der Waals surface area contributed by atoms with Gasteiger partial charge in [0.2, 0.25) is 5.91 Å². The smallest absolute Gasteiger partial charge is 0.227 e.